The normalized spacial score (nSPS) is 11.6. The molecule has 0 unspecified atom stereocenters. The molecule has 0 spiro atoms. The lowest BCUT2D eigenvalue weighted by Crippen LogP contribution is -2.38. The van der Waals surface area contributed by atoms with Gasteiger partial charge in [0, 0.05) is 11.8 Å². The molecule has 0 aromatic heterocycles. The van der Waals surface area contributed by atoms with Crippen molar-refractivity contribution in [1.29, 1.82) is 0 Å². The monoisotopic (exact) mass is 494 g/mol. The maximum Gasteiger partial charge on any atom is 0.416 e. The highest BCUT2D eigenvalue weighted by Gasteiger charge is 2.32. The molecule has 7 nitrogen and oxygen atoms in total. The number of alkyl halides is 3. The standard InChI is InChI=1S/C23H21F3N2O5S/c1-32-18-11-12-20(21(14-18)33-2)28(34(30,31)19-9-4-3-5-10-19)15-22(29)27-17-8-6-7-16(13-17)23(24,25)26/h3-14H,15H2,1-2H3,(H,27,29). The average Bonchev–Trinajstić information content (AvgIpc) is 2.82. The second-order valence-electron chi connectivity index (χ2n) is 6.99. The van der Waals surface area contributed by atoms with E-state index >= 15 is 0 Å². The van der Waals surface area contributed by atoms with Crippen LogP contribution in [0, 0.1) is 0 Å². The number of halogens is 3. The quantitative estimate of drug-likeness (QED) is 0.497. The smallest absolute Gasteiger partial charge is 0.416 e. The van der Waals surface area contributed by atoms with Gasteiger partial charge in [-0.3, -0.25) is 9.10 Å². The summed E-state index contributed by atoms with van der Waals surface area (Å²) in [6.45, 7) is -0.726. The Balaban J connectivity index is 1.99. The van der Waals surface area contributed by atoms with Gasteiger partial charge in [-0.05, 0) is 42.5 Å². The number of nitrogens with one attached hydrogen (secondary N) is 1. The summed E-state index contributed by atoms with van der Waals surface area (Å²) in [4.78, 5) is 12.7. The highest BCUT2D eigenvalue weighted by molar-refractivity contribution is 7.92. The summed E-state index contributed by atoms with van der Waals surface area (Å²) < 4.78 is 77.2. The Morgan fingerprint density at radius 1 is 0.941 bits per heavy atom. The molecule has 3 rings (SSSR count). The third kappa shape index (κ3) is 5.60. The fourth-order valence-electron chi connectivity index (χ4n) is 3.11. The van der Waals surface area contributed by atoms with E-state index in [1.807, 2.05) is 0 Å². The molecule has 0 aliphatic carbocycles. The fraction of sp³-hybridized carbons (Fsp3) is 0.174. The first kappa shape index (κ1) is 24.9. The van der Waals surface area contributed by atoms with E-state index in [0.29, 0.717) is 5.75 Å². The molecule has 34 heavy (non-hydrogen) atoms. The van der Waals surface area contributed by atoms with Crippen molar-refractivity contribution in [1.82, 2.24) is 0 Å². The molecule has 3 aromatic carbocycles. The van der Waals surface area contributed by atoms with Crippen LogP contribution in [0.1, 0.15) is 5.56 Å². The number of ether oxygens (including phenoxy) is 2. The van der Waals surface area contributed by atoms with Crippen LogP contribution in [0.3, 0.4) is 0 Å². The first-order valence-corrected chi connectivity index (χ1v) is 11.3. The van der Waals surface area contributed by atoms with Gasteiger partial charge in [0.05, 0.1) is 30.4 Å². The lowest BCUT2D eigenvalue weighted by atomic mass is 10.2. The molecule has 0 bridgehead atoms. The summed E-state index contributed by atoms with van der Waals surface area (Å²) in [6, 6.07) is 15.8. The highest BCUT2D eigenvalue weighted by atomic mass is 32.2. The second kappa shape index (κ2) is 10.0. The van der Waals surface area contributed by atoms with E-state index in [1.165, 1.54) is 62.8 Å². The van der Waals surface area contributed by atoms with Gasteiger partial charge in [0.2, 0.25) is 5.91 Å². The van der Waals surface area contributed by atoms with Gasteiger partial charge >= 0.3 is 6.18 Å². The zero-order valence-corrected chi connectivity index (χ0v) is 19.0. The van der Waals surface area contributed by atoms with Gasteiger partial charge in [0.1, 0.15) is 18.0 Å². The van der Waals surface area contributed by atoms with E-state index in [1.54, 1.807) is 6.07 Å². The lowest BCUT2D eigenvalue weighted by Gasteiger charge is -2.26. The number of methoxy groups -OCH3 is 2. The van der Waals surface area contributed by atoms with Crippen LogP contribution in [0.25, 0.3) is 0 Å². The summed E-state index contributed by atoms with van der Waals surface area (Å²) in [6.07, 6.45) is -4.60. The van der Waals surface area contributed by atoms with Crippen LogP contribution < -0.4 is 19.1 Å². The molecule has 1 amide bonds. The molecule has 0 aliphatic rings. The minimum absolute atomic E-state index is 0.0475. The van der Waals surface area contributed by atoms with Crippen molar-refractivity contribution in [2.45, 2.75) is 11.1 Å². The Labute approximate surface area is 194 Å². The number of rotatable bonds is 8. The van der Waals surface area contributed by atoms with E-state index in [2.05, 4.69) is 5.32 Å². The predicted octanol–water partition coefficient (Wildman–Crippen LogP) is 4.56. The maximum absolute atomic E-state index is 13.4. The number of amides is 1. The minimum Gasteiger partial charge on any atom is -0.497 e. The highest BCUT2D eigenvalue weighted by Crippen LogP contribution is 2.35. The SMILES string of the molecule is COc1ccc(N(CC(=O)Nc2cccc(C(F)(F)F)c2)S(=O)(=O)c2ccccc2)c(OC)c1. The van der Waals surface area contributed by atoms with Crippen LogP contribution in [0.4, 0.5) is 24.5 Å². The zero-order chi connectivity index (χ0) is 24.9. The summed E-state index contributed by atoms with van der Waals surface area (Å²) in [5.41, 5.74) is -1.03. The first-order valence-electron chi connectivity index (χ1n) is 9.83. The summed E-state index contributed by atoms with van der Waals surface area (Å²) in [5.74, 6) is -0.339. The number of anilines is 2. The van der Waals surface area contributed by atoms with Gasteiger partial charge in [0.25, 0.3) is 10.0 Å². The predicted molar refractivity (Wildman–Crippen MR) is 121 cm³/mol. The molecular weight excluding hydrogens is 473 g/mol. The van der Waals surface area contributed by atoms with E-state index in [9.17, 15) is 26.4 Å². The molecule has 180 valence electrons. The molecule has 0 aliphatic heterocycles. The van der Waals surface area contributed by atoms with Crippen LogP contribution in [0.5, 0.6) is 11.5 Å². The van der Waals surface area contributed by atoms with Crippen LogP contribution in [-0.2, 0) is 21.0 Å². The van der Waals surface area contributed by atoms with Crippen LogP contribution >= 0.6 is 0 Å². The van der Waals surface area contributed by atoms with E-state index in [0.717, 1.165) is 22.5 Å². The van der Waals surface area contributed by atoms with Crippen molar-refractivity contribution in [2.75, 3.05) is 30.4 Å². The fourth-order valence-corrected chi connectivity index (χ4v) is 4.57. The van der Waals surface area contributed by atoms with Gasteiger partial charge in [-0.25, -0.2) is 8.42 Å². The molecule has 0 radical (unpaired) electrons. The van der Waals surface area contributed by atoms with Crippen molar-refractivity contribution in [2.24, 2.45) is 0 Å². The van der Waals surface area contributed by atoms with Crippen LogP contribution in [-0.4, -0.2) is 35.1 Å². The molecule has 1 N–H and O–H groups in total. The lowest BCUT2D eigenvalue weighted by molar-refractivity contribution is -0.137. The largest absolute Gasteiger partial charge is 0.497 e. The average molecular weight is 494 g/mol. The van der Waals surface area contributed by atoms with Crippen LogP contribution in [0.2, 0.25) is 0 Å². The first-order chi connectivity index (χ1) is 16.1. The minimum atomic E-state index is -4.60. The third-order valence-electron chi connectivity index (χ3n) is 4.75. The Kier molecular flexibility index (Phi) is 7.35. The molecule has 0 saturated carbocycles. The van der Waals surface area contributed by atoms with E-state index < -0.39 is 34.2 Å². The second-order valence-corrected chi connectivity index (χ2v) is 8.85. The topological polar surface area (TPSA) is 84.9 Å². The van der Waals surface area contributed by atoms with Crippen LogP contribution in [0.15, 0.2) is 77.7 Å². The molecule has 11 heteroatoms. The number of carbonyl (C=O) groups is 1. The zero-order valence-electron chi connectivity index (χ0n) is 18.2. The van der Waals surface area contributed by atoms with E-state index in [4.69, 9.17) is 9.47 Å². The molecule has 0 fully saturated rings. The Bertz CT molecular complexity index is 1270. The Hall–Kier alpha value is -3.73. The van der Waals surface area contributed by atoms with Crippen molar-refractivity contribution in [3.63, 3.8) is 0 Å². The van der Waals surface area contributed by atoms with Gasteiger partial charge in [-0.15, -0.1) is 0 Å². The molecule has 0 atom stereocenters. The van der Waals surface area contributed by atoms with Crippen molar-refractivity contribution in [3.8, 4) is 11.5 Å². The van der Waals surface area contributed by atoms with Gasteiger partial charge in [0.15, 0.2) is 0 Å². The van der Waals surface area contributed by atoms with Gasteiger partial charge in [-0.2, -0.15) is 13.2 Å². The van der Waals surface area contributed by atoms with Crippen molar-refractivity contribution < 1.29 is 35.9 Å². The van der Waals surface area contributed by atoms with Crippen molar-refractivity contribution in [3.05, 3.63) is 78.4 Å². The molecule has 0 saturated heterocycles. The summed E-state index contributed by atoms with van der Waals surface area (Å²) in [5, 5.41) is 2.33. The number of nitrogens with zero attached hydrogens (tertiary/aromatic N) is 1. The molecule has 3 aromatic rings. The molecular formula is C23H21F3N2O5S. The maximum atomic E-state index is 13.4. The number of benzene rings is 3. The summed E-state index contributed by atoms with van der Waals surface area (Å²) in [7, 11) is -1.50. The third-order valence-corrected chi connectivity index (χ3v) is 6.52. The Morgan fingerprint density at radius 3 is 2.26 bits per heavy atom. The summed E-state index contributed by atoms with van der Waals surface area (Å²) >= 11 is 0. The number of carbonyl (C=O) groups excluding carboxylic acids is 1. The number of hydrogen-bond acceptors (Lipinski definition) is 5. The van der Waals surface area contributed by atoms with Crippen molar-refractivity contribution >= 4 is 27.3 Å². The Morgan fingerprint density at radius 2 is 1.65 bits per heavy atom. The number of sulfonamides is 1. The van der Waals surface area contributed by atoms with Gasteiger partial charge < -0.3 is 14.8 Å². The number of hydrogen-bond donors (Lipinski definition) is 1. The van der Waals surface area contributed by atoms with Gasteiger partial charge in [-0.1, -0.05) is 24.3 Å². The van der Waals surface area contributed by atoms with E-state index in [-0.39, 0.29) is 22.0 Å². The molecule has 0 heterocycles.